The number of thiophene rings is 1. The maximum absolute atomic E-state index is 12.1. The summed E-state index contributed by atoms with van der Waals surface area (Å²) in [6.45, 7) is 2.61. The number of pyridine rings is 1. The fourth-order valence-corrected chi connectivity index (χ4v) is 2.45. The number of amides is 1. The molecule has 2 heterocycles. The summed E-state index contributed by atoms with van der Waals surface area (Å²) >= 11 is 1.62. The van der Waals surface area contributed by atoms with Gasteiger partial charge in [0.25, 0.3) is 5.91 Å². The van der Waals surface area contributed by atoms with Crippen molar-refractivity contribution in [1.29, 1.82) is 0 Å². The summed E-state index contributed by atoms with van der Waals surface area (Å²) in [5.41, 5.74) is 7.17. The smallest absolute Gasteiger partial charge is 0.251 e. The largest absolute Gasteiger partial charge is 0.384 e. The second kappa shape index (κ2) is 6.33. The van der Waals surface area contributed by atoms with E-state index in [1.807, 2.05) is 23.6 Å². The Labute approximate surface area is 116 Å². The molecular formula is C14H17N3OS. The van der Waals surface area contributed by atoms with Crippen LogP contribution in [0, 0.1) is 0 Å². The molecule has 100 valence electrons. The van der Waals surface area contributed by atoms with Gasteiger partial charge >= 0.3 is 0 Å². The van der Waals surface area contributed by atoms with Crippen molar-refractivity contribution >= 4 is 23.1 Å². The van der Waals surface area contributed by atoms with Crippen LogP contribution in [0.15, 0.2) is 29.6 Å². The lowest BCUT2D eigenvalue weighted by Crippen LogP contribution is -2.22. The number of hydrogen-bond donors (Lipinski definition) is 2. The number of rotatable bonds is 5. The van der Waals surface area contributed by atoms with Crippen molar-refractivity contribution in [2.75, 3.05) is 5.73 Å². The lowest BCUT2D eigenvalue weighted by atomic mass is 10.1. The number of nitrogens with two attached hydrogens (primary N) is 1. The van der Waals surface area contributed by atoms with E-state index in [0.717, 1.165) is 23.4 Å². The minimum atomic E-state index is -0.111. The zero-order chi connectivity index (χ0) is 13.7. The molecule has 2 rings (SSSR count). The minimum absolute atomic E-state index is 0.111. The number of hydrogen-bond acceptors (Lipinski definition) is 4. The number of nitrogens with zero attached hydrogens (tertiary/aromatic N) is 1. The monoisotopic (exact) mass is 275 g/mol. The van der Waals surface area contributed by atoms with E-state index >= 15 is 0 Å². The van der Waals surface area contributed by atoms with Crippen molar-refractivity contribution in [2.45, 2.75) is 26.3 Å². The summed E-state index contributed by atoms with van der Waals surface area (Å²) in [5.74, 6) is 0.284. The summed E-state index contributed by atoms with van der Waals surface area (Å²) in [7, 11) is 0. The van der Waals surface area contributed by atoms with E-state index in [4.69, 9.17) is 5.73 Å². The van der Waals surface area contributed by atoms with Crippen LogP contribution in [0.25, 0.3) is 0 Å². The van der Waals surface area contributed by atoms with Crippen LogP contribution in [-0.4, -0.2) is 10.9 Å². The van der Waals surface area contributed by atoms with Crippen LogP contribution in [0.4, 0.5) is 5.82 Å². The molecule has 0 unspecified atom stereocenters. The molecule has 0 aliphatic carbocycles. The predicted octanol–water partition coefficient (Wildman–Crippen LogP) is 2.61. The molecule has 2 aromatic heterocycles. The van der Waals surface area contributed by atoms with Crippen molar-refractivity contribution in [3.63, 3.8) is 0 Å². The van der Waals surface area contributed by atoms with Gasteiger partial charge in [0.15, 0.2) is 0 Å². The summed E-state index contributed by atoms with van der Waals surface area (Å²) < 4.78 is 0. The Bertz CT molecular complexity index is 552. The molecule has 0 aromatic carbocycles. The lowest BCUT2D eigenvalue weighted by Gasteiger charge is -2.07. The highest BCUT2D eigenvalue weighted by atomic mass is 32.1. The summed E-state index contributed by atoms with van der Waals surface area (Å²) in [6, 6.07) is 7.39. The molecular weight excluding hydrogens is 258 g/mol. The third kappa shape index (κ3) is 3.79. The molecule has 1 amide bonds. The van der Waals surface area contributed by atoms with Gasteiger partial charge < -0.3 is 11.1 Å². The molecule has 0 aliphatic heterocycles. The van der Waals surface area contributed by atoms with E-state index < -0.39 is 0 Å². The maximum Gasteiger partial charge on any atom is 0.251 e. The molecule has 0 saturated heterocycles. The third-order valence-corrected chi connectivity index (χ3v) is 3.55. The zero-order valence-corrected chi connectivity index (χ0v) is 11.7. The molecule has 0 saturated carbocycles. The molecule has 19 heavy (non-hydrogen) atoms. The first-order chi connectivity index (χ1) is 9.19. The number of nitrogens with one attached hydrogen (secondary N) is 1. The summed E-state index contributed by atoms with van der Waals surface area (Å²) in [4.78, 5) is 17.4. The van der Waals surface area contributed by atoms with Crippen molar-refractivity contribution in [3.8, 4) is 0 Å². The van der Waals surface area contributed by atoms with Crippen molar-refractivity contribution in [3.05, 3.63) is 45.8 Å². The highest BCUT2D eigenvalue weighted by molar-refractivity contribution is 7.09. The second-order valence-corrected chi connectivity index (χ2v) is 5.32. The first-order valence-corrected chi connectivity index (χ1v) is 7.14. The summed E-state index contributed by atoms with van der Waals surface area (Å²) in [6.07, 6.45) is 1.81. The SMILES string of the molecule is CCCc1cc(C(=O)NCc2cccs2)cc(N)n1. The van der Waals surface area contributed by atoms with Gasteiger partial charge in [-0.05, 0) is 30.0 Å². The topological polar surface area (TPSA) is 68.0 Å². The number of aryl methyl sites for hydroxylation is 1. The molecule has 4 nitrogen and oxygen atoms in total. The van der Waals surface area contributed by atoms with E-state index in [1.165, 1.54) is 0 Å². The number of nitrogen functional groups attached to an aromatic ring is 1. The first-order valence-electron chi connectivity index (χ1n) is 6.26. The van der Waals surface area contributed by atoms with Gasteiger partial charge in [0.2, 0.25) is 0 Å². The molecule has 0 radical (unpaired) electrons. The molecule has 3 N–H and O–H groups in total. The maximum atomic E-state index is 12.1. The number of carbonyl (C=O) groups excluding carboxylic acids is 1. The highest BCUT2D eigenvalue weighted by Crippen LogP contribution is 2.11. The number of carbonyl (C=O) groups is 1. The standard InChI is InChI=1S/C14H17N3OS/c1-2-4-11-7-10(8-13(15)17-11)14(18)16-9-12-5-3-6-19-12/h3,5-8H,2,4,9H2,1H3,(H2,15,17)(H,16,18). The van der Waals surface area contributed by atoms with Gasteiger partial charge in [-0.15, -0.1) is 11.3 Å². The van der Waals surface area contributed by atoms with E-state index in [-0.39, 0.29) is 5.91 Å². The van der Waals surface area contributed by atoms with Crippen LogP contribution in [-0.2, 0) is 13.0 Å². The Morgan fingerprint density at radius 2 is 2.32 bits per heavy atom. The van der Waals surface area contributed by atoms with Crippen molar-refractivity contribution in [2.24, 2.45) is 0 Å². The zero-order valence-electron chi connectivity index (χ0n) is 10.8. The second-order valence-electron chi connectivity index (χ2n) is 4.28. The Balaban J connectivity index is 2.05. The lowest BCUT2D eigenvalue weighted by molar-refractivity contribution is 0.0951. The predicted molar refractivity (Wildman–Crippen MR) is 78.1 cm³/mol. The molecule has 0 bridgehead atoms. The van der Waals surface area contributed by atoms with Crippen LogP contribution >= 0.6 is 11.3 Å². The van der Waals surface area contributed by atoms with Crippen LogP contribution in [0.1, 0.15) is 34.3 Å². The Morgan fingerprint density at radius 1 is 1.47 bits per heavy atom. The van der Waals surface area contributed by atoms with Crippen LogP contribution in [0.3, 0.4) is 0 Å². The van der Waals surface area contributed by atoms with Crippen LogP contribution < -0.4 is 11.1 Å². The average molecular weight is 275 g/mol. The molecule has 5 heteroatoms. The Morgan fingerprint density at radius 3 is 3.00 bits per heavy atom. The van der Waals surface area contributed by atoms with E-state index in [1.54, 1.807) is 17.4 Å². The van der Waals surface area contributed by atoms with E-state index in [9.17, 15) is 4.79 Å². The van der Waals surface area contributed by atoms with Gasteiger partial charge in [0.1, 0.15) is 5.82 Å². The molecule has 0 spiro atoms. The van der Waals surface area contributed by atoms with E-state index in [2.05, 4.69) is 17.2 Å². The summed E-state index contributed by atoms with van der Waals surface area (Å²) in [5, 5.41) is 4.88. The third-order valence-electron chi connectivity index (χ3n) is 2.67. The van der Waals surface area contributed by atoms with Gasteiger partial charge in [-0.3, -0.25) is 4.79 Å². The van der Waals surface area contributed by atoms with E-state index in [0.29, 0.717) is 17.9 Å². The molecule has 0 atom stereocenters. The first kappa shape index (κ1) is 13.5. The van der Waals surface area contributed by atoms with Gasteiger partial charge in [0.05, 0.1) is 6.54 Å². The minimum Gasteiger partial charge on any atom is -0.384 e. The van der Waals surface area contributed by atoms with Gasteiger partial charge in [-0.2, -0.15) is 0 Å². The van der Waals surface area contributed by atoms with Crippen LogP contribution in [0.2, 0.25) is 0 Å². The normalized spacial score (nSPS) is 10.4. The fourth-order valence-electron chi connectivity index (χ4n) is 1.81. The fraction of sp³-hybridized carbons (Fsp3) is 0.286. The van der Waals surface area contributed by atoms with Gasteiger partial charge in [0, 0.05) is 16.1 Å². The highest BCUT2D eigenvalue weighted by Gasteiger charge is 2.08. The molecule has 2 aromatic rings. The average Bonchev–Trinajstić information content (AvgIpc) is 2.88. The van der Waals surface area contributed by atoms with Crippen molar-refractivity contribution < 1.29 is 4.79 Å². The van der Waals surface area contributed by atoms with Gasteiger partial charge in [-0.25, -0.2) is 4.98 Å². The Kier molecular flexibility index (Phi) is 4.52. The van der Waals surface area contributed by atoms with Crippen molar-refractivity contribution in [1.82, 2.24) is 10.3 Å². The quantitative estimate of drug-likeness (QED) is 0.881. The Hall–Kier alpha value is -1.88. The number of anilines is 1. The van der Waals surface area contributed by atoms with Crippen LogP contribution in [0.5, 0.6) is 0 Å². The number of aromatic nitrogens is 1. The molecule has 0 aliphatic rings. The van der Waals surface area contributed by atoms with Gasteiger partial charge in [-0.1, -0.05) is 19.4 Å². The molecule has 0 fully saturated rings.